The van der Waals surface area contributed by atoms with Gasteiger partial charge in [-0.25, -0.2) is 4.79 Å². The zero-order valence-electron chi connectivity index (χ0n) is 19.2. The molecule has 1 amide bonds. The van der Waals surface area contributed by atoms with Crippen LogP contribution in [0.5, 0.6) is 0 Å². The van der Waals surface area contributed by atoms with E-state index in [4.69, 9.17) is 4.74 Å². The highest BCUT2D eigenvalue weighted by Crippen LogP contribution is 2.45. The zero-order valence-corrected chi connectivity index (χ0v) is 20.0. The van der Waals surface area contributed by atoms with E-state index in [9.17, 15) is 14.9 Å². The summed E-state index contributed by atoms with van der Waals surface area (Å²) in [5, 5.41) is 13.7. The molecular weight excluding hydrogens is 420 g/mol. The quantitative estimate of drug-likeness (QED) is 0.471. The monoisotopic (exact) mass is 452 g/mol. The summed E-state index contributed by atoms with van der Waals surface area (Å²) in [5.74, 6) is -0.516. The Balaban J connectivity index is 1.96. The first-order chi connectivity index (χ1) is 15.5. The lowest BCUT2D eigenvalue weighted by atomic mass is 9.70. The Bertz CT molecular complexity index is 992. The van der Waals surface area contributed by atoms with E-state index in [1.165, 1.54) is 11.3 Å². The SMILES string of the molecule is CCCC[C@H](CC)C(=O)Nc1sc2c(c1C(=O)OCC)CC[C@@](C#N)(c1ccccc1)C2. The summed E-state index contributed by atoms with van der Waals surface area (Å²) in [6.45, 7) is 6.19. The van der Waals surface area contributed by atoms with Crippen LogP contribution in [0.1, 0.15) is 79.2 Å². The van der Waals surface area contributed by atoms with Crippen LogP contribution in [0.4, 0.5) is 5.00 Å². The highest BCUT2D eigenvalue weighted by Gasteiger charge is 2.40. The average Bonchev–Trinajstić information content (AvgIpc) is 3.16. The standard InChI is InChI=1S/C26H32N2O3S/c1-4-7-11-18(5-2)23(29)28-24-22(25(30)31-6-3)20-14-15-26(17-27,16-21(20)32-24)19-12-9-8-10-13-19/h8-10,12-13,18H,4-7,11,14-16H2,1-3H3,(H,28,29)/t18-,26+/m0/s1. The van der Waals surface area contributed by atoms with E-state index in [1.807, 2.05) is 37.3 Å². The van der Waals surface area contributed by atoms with Crippen LogP contribution in [0.25, 0.3) is 0 Å². The van der Waals surface area contributed by atoms with Crippen LogP contribution in [0.2, 0.25) is 0 Å². The summed E-state index contributed by atoms with van der Waals surface area (Å²) >= 11 is 1.42. The number of anilines is 1. The van der Waals surface area contributed by atoms with Gasteiger partial charge in [0.25, 0.3) is 0 Å². The van der Waals surface area contributed by atoms with Crippen LogP contribution < -0.4 is 5.32 Å². The van der Waals surface area contributed by atoms with Gasteiger partial charge in [-0.2, -0.15) is 5.26 Å². The minimum Gasteiger partial charge on any atom is -0.462 e. The molecule has 0 spiro atoms. The van der Waals surface area contributed by atoms with E-state index in [1.54, 1.807) is 6.92 Å². The number of nitriles is 1. The molecule has 1 heterocycles. The lowest BCUT2D eigenvalue weighted by molar-refractivity contribution is -0.120. The Hall–Kier alpha value is -2.65. The summed E-state index contributed by atoms with van der Waals surface area (Å²) in [4.78, 5) is 26.8. The molecule has 2 aromatic rings. The Morgan fingerprint density at radius 1 is 1.25 bits per heavy atom. The van der Waals surface area contributed by atoms with Crippen LogP contribution in [-0.2, 0) is 27.8 Å². The van der Waals surface area contributed by atoms with Crippen LogP contribution in [0.15, 0.2) is 30.3 Å². The van der Waals surface area contributed by atoms with Crippen LogP contribution in [0.3, 0.4) is 0 Å². The van der Waals surface area contributed by atoms with Crippen LogP contribution >= 0.6 is 11.3 Å². The summed E-state index contributed by atoms with van der Waals surface area (Å²) < 4.78 is 5.34. The summed E-state index contributed by atoms with van der Waals surface area (Å²) in [6, 6.07) is 12.4. The predicted octanol–water partition coefficient (Wildman–Crippen LogP) is 6.03. The molecule has 1 aromatic heterocycles. The molecule has 1 aliphatic rings. The van der Waals surface area contributed by atoms with Gasteiger partial charge in [0.05, 0.1) is 23.7 Å². The topological polar surface area (TPSA) is 79.2 Å². The minimum absolute atomic E-state index is 0.0419. The maximum Gasteiger partial charge on any atom is 0.341 e. The van der Waals surface area contributed by atoms with Gasteiger partial charge in [0, 0.05) is 17.2 Å². The predicted molar refractivity (Wildman–Crippen MR) is 128 cm³/mol. The smallest absolute Gasteiger partial charge is 0.341 e. The van der Waals surface area contributed by atoms with Crippen molar-refractivity contribution >= 4 is 28.2 Å². The van der Waals surface area contributed by atoms with Gasteiger partial charge in [0.1, 0.15) is 5.00 Å². The fraction of sp³-hybridized carbons (Fsp3) is 0.500. The fourth-order valence-electron chi connectivity index (χ4n) is 4.48. The number of carbonyl (C=O) groups is 2. The van der Waals surface area contributed by atoms with Gasteiger partial charge in [-0.1, -0.05) is 57.0 Å². The second-order valence-electron chi connectivity index (χ2n) is 8.40. The van der Waals surface area contributed by atoms with E-state index in [2.05, 4.69) is 18.3 Å². The number of carbonyl (C=O) groups excluding carboxylic acids is 2. The molecule has 32 heavy (non-hydrogen) atoms. The van der Waals surface area contributed by atoms with Crippen LogP contribution in [-0.4, -0.2) is 18.5 Å². The normalized spacial score (nSPS) is 18.3. The molecule has 1 aliphatic carbocycles. The molecule has 0 saturated heterocycles. The second-order valence-corrected chi connectivity index (χ2v) is 9.51. The molecule has 5 nitrogen and oxygen atoms in total. The van der Waals surface area contributed by atoms with Crippen molar-refractivity contribution in [1.29, 1.82) is 5.26 Å². The van der Waals surface area contributed by atoms with E-state index >= 15 is 0 Å². The molecule has 0 radical (unpaired) electrons. The first-order valence-electron chi connectivity index (χ1n) is 11.6. The third-order valence-corrected chi connectivity index (χ3v) is 7.53. The van der Waals surface area contributed by atoms with Crippen molar-refractivity contribution in [2.45, 2.75) is 71.1 Å². The van der Waals surface area contributed by atoms with E-state index < -0.39 is 11.4 Å². The summed E-state index contributed by atoms with van der Waals surface area (Å²) in [6.07, 6.45) is 5.40. The Kier molecular flexibility index (Phi) is 8.09. The number of ether oxygens (including phenoxy) is 1. The van der Waals surface area contributed by atoms with Gasteiger partial charge in [-0.3, -0.25) is 4.79 Å². The van der Waals surface area contributed by atoms with E-state index in [0.29, 0.717) is 29.8 Å². The van der Waals surface area contributed by atoms with Crippen molar-refractivity contribution in [3.63, 3.8) is 0 Å². The molecular formula is C26H32N2O3S. The first-order valence-corrected chi connectivity index (χ1v) is 12.4. The second kappa shape index (κ2) is 10.8. The molecule has 0 aliphatic heterocycles. The van der Waals surface area contributed by atoms with Gasteiger partial charge in [-0.15, -0.1) is 11.3 Å². The van der Waals surface area contributed by atoms with E-state index in [0.717, 1.165) is 41.7 Å². The van der Waals surface area contributed by atoms with Crippen molar-refractivity contribution in [2.24, 2.45) is 5.92 Å². The number of unbranched alkanes of at least 4 members (excludes halogenated alkanes) is 1. The lowest BCUT2D eigenvalue weighted by Gasteiger charge is -2.31. The summed E-state index contributed by atoms with van der Waals surface area (Å²) in [5.41, 5.74) is 1.77. The highest BCUT2D eigenvalue weighted by atomic mass is 32.1. The van der Waals surface area contributed by atoms with Crippen molar-refractivity contribution in [2.75, 3.05) is 11.9 Å². The van der Waals surface area contributed by atoms with Crippen molar-refractivity contribution < 1.29 is 14.3 Å². The first kappa shape index (κ1) is 24.0. The maximum absolute atomic E-state index is 13.0. The van der Waals surface area contributed by atoms with Gasteiger partial charge in [0.15, 0.2) is 0 Å². The van der Waals surface area contributed by atoms with Gasteiger partial charge in [-0.05, 0) is 43.7 Å². The van der Waals surface area contributed by atoms with Gasteiger partial charge in [0.2, 0.25) is 5.91 Å². The number of fused-ring (bicyclic) bond motifs is 1. The molecule has 0 fully saturated rings. The number of hydrogen-bond donors (Lipinski definition) is 1. The van der Waals surface area contributed by atoms with Gasteiger partial charge >= 0.3 is 5.97 Å². The number of esters is 1. The lowest BCUT2D eigenvalue weighted by Crippen LogP contribution is -2.31. The maximum atomic E-state index is 13.0. The highest BCUT2D eigenvalue weighted by molar-refractivity contribution is 7.17. The molecule has 3 rings (SSSR count). The number of benzene rings is 1. The number of hydrogen-bond acceptors (Lipinski definition) is 5. The molecule has 1 N–H and O–H groups in total. The Labute approximate surface area is 194 Å². The third-order valence-electron chi connectivity index (χ3n) is 6.38. The molecule has 170 valence electrons. The van der Waals surface area contributed by atoms with Gasteiger partial charge < -0.3 is 10.1 Å². The molecule has 0 saturated carbocycles. The average molecular weight is 453 g/mol. The molecule has 0 bridgehead atoms. The van der Waals surface area contributed by atoms with Crippen molar-refractivity contribution in [3.8, 4) is 6.07 Å². The number of nitrogens with one attached hydrogen (secondary N) is 1. The van der Waals surface area contributed by atoms with E-state index in [-0.39, 0.29) is 18.4 Å². The largest absolute Gasteiger partial charge is 0.462 e. The van der Waals surface area contributed by atoms with Crippen molar-refractivity contribution in [3.05, 3.63) is 51.9 Å². The summed E-state index contributed by atoms with van der Waals surface area (Å²) in [7, 11) is 0. The fourth-order valence-corrected chi connectivity index (χ4v) is 5.83. The number of rotatable bonds is 9. The number of amides is 1. The Morgan fingerprint density at radius 2 is 2.00 bits per heavy atom. The number of thiophene rings is 1. The Morgan fingerprint density at radius 3 is 2.62 bits per heavy atom. The molecule has 6 heteroatoms. The van der Waals surface area contributed by atoms with Crippen LogP contribution in [0, 0.1) is 17.2 Å². The zero-order chi connectivity index (χ0) is 23.1. The van der Waals surface area contributed by atoms with Crippen molar-refractivity contribution in [1.82, 2.24) is 0 Å². The molecule has 0 unspecified atom stereocenters. The minimum atomic E-state index is -0.626. The molecule has 2 atom stereocenters. The molecule has 1 aromatic carbocycles. The third kappa shape index (κ3) is 4.88. The number of nitrogens with zero attached hydrogens (tertiary/aromatic N) is 1.